The van der Waals surface area contributed by atoms with Crippen LogP contribution in [0.25, 0.3) is 0 Å². The molecule has 0 spiro atoms. The van der Waals surface area contributed by atoms with E-state index in [0.717, 1.165) is 16.9 Å². The van der Waals surface area contributed by atoms with Gasteiger partial charge in [-0.1, -0.05) is 42.5 Å². The molecule has 1 amide bonds. The van der Waals surface area contributed by atoms with Crippen molar-refractivity contribution in [3.63, 3.8) is 0 Å². The number of hydrogen-bond acceptors (Lipinski definition) is 4. The van der Waals surface area contributed by atoms with E-state index in [1.807, 2.05) is 68.4 Å². The van der Waals surface area contributed by atoms with Crippen molar-refractivity contribution in [2.24, 2.45) is 0 Å². The summed E-state index contributed by atoms with van der Waals surface area (Å²) in [4.78, 5) is 26.4. The first-order valence-electron chi connectivity index (χ1n) is 9.44. The van der Waals surface area contributed by atoms with E-state index in [1.54, 1.807) is 4.90 Å². The summed E-state index contributed by atoms with van der Waals surface area (Å²) in [5.74, 6) is -0.543. The molecule has 5 heteroatoms. The van der Waals surface area contributed by atoms with Gasteiger partial charge in [-0.15, -0.1) is 0 Å². The SMILES string of the molecule is CC(=O)C1=C(O)C(=O)N(CCc2ccccc2)C1c1ccc(OC(C)C)cc1. The molecular weight excluding hydrogens is 354 g/mol. The fourth-order valence-corrected chi connectivity index (χ4v) is 3.49. The van der Waals surface area contributed by atoms with Crippen molar-refractivity contribution < 1.29 is 19.4 Å². The quantitative estimate of drug-likeness (QED) is 0.790. The molecule has 28 heavy (non-hydrogen) atoms. The highest BCUT2D eigenvalue weighted by Gasteiger charge is 2.42. The van der Waals surface area contributed by atoms with Gasteiger partial charge in [-0.05, 0) is 50.5 Å². The monoisotopic (exact) mass is 379 g/mol. The number of nitrogens with zero attached hydrogens (tertiary/aromatic N) is 1. The smallest absolute Gasteiger partial charge is 0.290 e. The minimum Gasteiger partial charge on any atom is -0.503 e. The summed E-state index contributed by atoms with van der Waals surface area (Å²) < 4.78 is 5.67. The molecule has 0 fully saturated rings. The molecule has 1 N–H and O–H groups in total. The van der Waals surface area contributed by atoms with Crippen LogP contribution in [0.15, 0.2) is 65.9 Å². The van der Waals surface area contributed by atoms with Crippen LogP contribution in [0.2, 0.25) is 0 Å². The minimum atomic E-state index is -0.596. The number of amides is 1. The Kier molecular flexibility index (Phi) is 5.83. The third-order valence-corrected chi connectivity index (χ3v) is 4.73. The predicted octanol–water partition coefficient (Wildman–Crippen LogP) is 4.00. The van der Waals surface area contributed by atoms with Crippen LogP contribution >= 0.6 is 0 Å². The molecule has 146 valence electrons. The minimum absolute atomic E-state index is 0.0537. The van der Waals surface area contributed by atoms with Gasteiger partial charge < -0.3 is 14.7 Å². The highest BCUT2D eigenvalue weighted by atomic mass is 16.5. The van der Waals surface area contributed by atoms with Gasteiger partial charge in [0.15, 0.2) is 11.5 Å². The summed E-state index contributed by atoms with van der Waals surface area (Å²) in [5, 5.41) is 10.3. The van der Waals surface area contributed by atoms with Gasteiger partial charge >= 0.3 is 0 Å². The lowest BCUT2D eigenvalue weighted by Gasteiger charge is -2.27. The van der Waals surface area contributed by atoms with E-state index in [-0.39, 0.29) is 17.5 Å². The van der Waals surface area contributed by atoms with E-state index >= 15 is 0 Å². The molecule has 1 aliphatic rings. The maximum absolute atomic E-state index is 12.7. The normalized spacial score (nSPS) is 16.8. The van der Waals surface area contributed by atoms with Crippen LogP contribution in [-0.4, -0.2) is 34.3 Å². The fourth-order valence-electron chi connectivity index (χ4n) is 3.49. The lowest BCUT2D eigenvalue weighted by atomic mass is 9.96. The number of Topliss-reactive ketones (excluding diaryl/α,β-unsaturated/α-hetero) is 1. The molecule has 5 nitrogen and oxygen atoms in total. The summed E-state index contributed by atoms with van der Waals surface area (Å²) in [6.07, 6.45) is 0.689. The standard InChI is InChI=1S/C23H25NO4/c1-15(2)28-19-11-9-18(10-12-19)21-20(16(3)25)22(26)23(27)24(21)14-13-17-7-5-4-6-8-17/h4-12,15,21,26H,13-14H2,1-3H3. The van der Waals surface area contributed by atoms with Gasteiger partial charge in [-0.2, -0.15) is 0 Å². The summed E-state index contributed by atoms with van der Waals surface area (Å²) in [6, 6.07) is 16.5. The van der Waals surface area contributed by atoms with Gasteiger partial charge in [-0.25, -0.2) is 0 Å². The molecule has 1 unspecified atom stereocenters. The van der Waals surface area contributed by atoms with Crippen molar-refractivity contribution in [1.82, 2.24) is 4.90 Å². The molecule has 0 saturated heterocycles. The van der Waals surface area contributed by atoms with E-state index in [4.69, 9.17) is 4.74 Å². The van der Waals surface area contributed by atoms with E-state index in [1.165, 1.54) is 6.92 Å². The first-order chi connectivity index (χ1) is 13.4. The molecule has 0 aliphatic carbocycles. The second kappa shape index (κ2) is 8.30. The number of ketones is 1. The molecule has 1 heterocycles. The van der Waals surface area contributed by atoms with Crippen molar-refractivity contribution in [2.75, 3.05) is 6.54 Å². The van der Waals surface area contributed by atoms with Gasteiger partial charge in [0.1, 0.15) is 5.75 Å². The van der Waals surface area contributed by atoms with Crippen LogP contribution in [-0.2, 0) is 16.0 Å². The predicted molar refractivity (Wildman–Crippen MR) is 107 cm³/mol. The Morgan fingerprint density at radius 2 is 1.75 bits per heavy atom. The maximum Gasteiger partial charge on any atom is 0.290 e. The van der Waals surface area contributed by atoms with E-state index in [2.05, 4.69) is 0 Å². The second-order valence-corrected chi connectivity index (χ2v) is 7.19. The zero-order chi connectivity index (χ0) is 20.3. The Morgan fingerprint density at radius 3 is 2.32 bits per heavy atom. The van der Waals surface area contributed by atoms with Crippen LogP contribution in [0, 0.1) is 0 Å². The van der Waals surface area contributed by atoms with Crippen LogP contribution < -0.4 is 4.74 Å². The van der Waals surface area contributed by atoms with E-state index in [0.29, 0.717) is 13.0 Å². The Hall–Kier alpha value is -3.08. The zero-order valence-corrected chi connectivity index (χ0v) is 16.4. The second-order valence-electron chi connectivity index (χ2n) is 7.19. The topological polar surface area (TPSA) is 66.8 Å². The Bertz CT molecular complexity index is 885. The highest BCUT2D eigenvalue weighted by Crippen LogP contribution is 2.38. The molecule has 0 bridgehead atoms. The third-order valence-electron chi connectivity index (χ3n) is 4.73. The molecule has 0 aromatic heterocycles. The number of hydrogen-bond donors (Lipinski definition) is 1. The lowest BCUT2D eigenvalue weighted by Crippen LogP contribution is -2.32. The number of aliphatic hydroxyl groups excluding tert-OH is 1. The van der Waals surface area contributed by atoms with Crippen molar-refractivity contribution in [2.45, 2.75) is 39.3 Å². The molecule has 0 radical (unpaired) electrons. The van der Waals surface area contributed by atoms with Crippen molar-refractivity contribution >= 4 is 11.7 Å². The summed E-state index contributed by atoms with van der Waals surface area (Å²) in [6.45, 7) is 5.67. The Balaban J connectivity index is 1.90. The zero-order valence-electron chi connectivity index (χ0n) is 16.4. The number of benzene rings is 2. The average molecular weight is 379 g/mol. The number of rotatable bonds is 7. The van der Waals surface area contributed by atoms with Gasteiger partial charge in [0.25, 0.3) is 5.91 Å². The highest BCUT2D eigenvalue weighted by molar-refractivity contribution is 6.08. The number of aliphatic hydroxyl groups is 1. The summed E-state index contributed by atoms with van der Waals surface area (Å²) in [5.41, 5.74) is 2.01. The van der Waals surface area contributed by atoms with Gasteiger partial charge in [0, 0.05) is 6.54 Å². The van der Waals surface area contributed by atoms with Crippen LogP contribution in [0.4, 0.5) is 0 Å². The fraction of sp³-hybridized carbons (Fsp3) is 0.304. The van der Waals surface area contributed by atoms with Crippen molar-refractivity contribution in [3.05, 3.63) is 77.1 Å². The van der Waals surface area contributed by atoms with E-state index in [9.17, 15) is 14.7 Å². The van der Waals surface area contributed by atoms with Crippen molar-refractivity contribution in [3.8, 4) is 5.75 Å². The van der Waals surface area contributed by atoms with Crippen LogP contribution in [0.5, 0.6) is 5.75 Å². The molecule has 3 rings (SSSR count). The number of carbonyl (C=O) groups is 2. The summed E-state index contributed by atoms with van der Waals surface area (Å²) in [7, 11) is 0. The van der Waals surface area contributed by atoms with E-state index < -0.39 is 17.7 Å². The third kappa shape index (κ3) is 4.09. The average Bonchev–Trinajstić information content (AvgIpc) is 2.92. The van der Waals surface area contributed by atoms with Crippen LogP contribution in [0.3, 0.4) is 0 Å². The molecule has 2 aromatic rings. The number of carbonyl (C=O) groups excluding carboxylic acids is 2. The van der Waals surface area contributed by atoms with Gasteiger partial charge in [0.2, 0.25) is 0 Å². The molecule has 1 aliphatic heterocycles. The molecule has 1 atom stereocenters. The molecule has 0 saturated carbocycles. The maximum atomic E-state index is 12.7. The van der Waals surface area contributed by atoms with Crippen molar-refractivity contribution in [1.29, 1.82) is 0 Å². The lowest BCUT2D eigenvalue weighted by molar-refractivity contribution is -0.129. The van der Waals surface area contributed by atoms with Crippen LogP contribution in [0.1, 0.15) is 37.9 Å². The van der Waals surface area contributed by atoms with Gasteiger partial charge in [0.05, 0.1) is 17.7 Å². The van der Waals surface area contributed by atoms with Gasteiger partial charge in [-0.3, -0.25) is 9.59 Å². The summed E-state index contributed by atoms with van der Waals surface area (Å²) >= 11 is 0. The first-order valence-corrected chi connectivity index (χ1v) is 9.44. The number of ether oxygens (including phenoxy) is 1. The largest absolute Gasteiger partial charge is 0.503 e. The first kappa shape index (κ1) is 19.7. The molecular formula is C23H25NO4. The molecule has 2 aromatic carbocycles. The Morgan fingerprint density at radius 1 is 1.11 bits per heavy atom. The Labute approximate surface area is 165 Å².